The van der Waals surface area contributed by atoms with Gasteiger partial charge >= 0.3 is 0 Å². The van der Waals surface area contributed by atoms with Crippen LogP contribution in [0.5, 0.6) is 0 Å². The molecule has 6 heteroatoms. The highest BCUT2D eigenvalue weighted by atomic mass is 32.1. The van der Waals surface area contributed by atoms with Crippen molar-refractivity contribution in [1.29, 1.82) is 0 Å². The van der Waals surface area contributed by atoms with Crippen LogP contribution in [0.3, 0.4) is 0 Å². The SMILES string of the molecule is O=C(S)Cc1sccc1[N+](=O)[O-]. The fraction of sp³-hybridized carbons (Fsp3) is 0.167. The summed E-state index contributed by atoms with van der Waals surface area (Å²) in [6, 6.07) is 1.39. The zero-order valence-electron chi connectivity index (χ0n) is 5.89. The van der Waals surface area contributed by atoms with Crippen LogP contribution < -0.4 is 0 Å². The Hall–Kier alpha value is -0.880. The van der Waals surface area contributed by atoms with Gasteiger partial charge in [-0.15, -0.1) is 24.0 Å². The van der Waals surface area contributed by atoms with Crippen molar-refractivity contribution in [3.8, 4) is 0 Å². The first-order valence-corrected chi connectivity index (χ1v) is 4.36. The van der Waals surface area contributed by atoms with E-state index in [2.05, 4.69) is 12.6 Å². The second-order valence-electron chi connectivity index (χ2n) is 2.06. The smallest absolute Gasteiger partial charge is 0.283 e. The molecule has 0 amide bonds. The molecule has 0 bridgehead atoms. The number of nitrogens with zero attached hydrogens (tertiary/aromatic N) is 1. The molecule has 0 spiro atoms. The van der Waals surface area contributed by atoms with E-state index in [9.17, 15) is 14.9 Å². The van der Waals surface area contributed by atoms with Gasteiger partial charge in [-0.3, -0.25) is 14.9 Å². The van der Waals surface area contributed by atoms with Gasteiger partial charge in [0, 0.05) is 6.07 Å². The summed E-state index contributed by atoms with van der Waals surface area (Å²) < 4.78 is 0. The third-order valence-electron chi connectivity index (χ3n) is 1.23. The predicted molar refractivity (Wildman–Crippen MR) is 48.7 cm³/mol. The standard InChI is InChI=1S/C6H5NO3S2/c8-6(11)3-5-4(7(9)10)1-2-12-5/h1-2H,3H2,(H,8,11). The molecule has 0 saturated heterocycles. The summed E-state index contributed by atoms with van der Waals surface area (Å²) >= 11 is 4.74. The summed E-state index contributed by atoms with van der Waals surface area (Å²) in [4.78, 5) is 20.8. The fourth-order valence-electron chi connectivity index (χ4n) is 0.766. The first-order chi connectivity index (χ1) is 5.61. The van der Waals surface area contributed by atoms with Crippen LogP contribution in [0.4, 0.5) is 5.69 Å². The first kappa shape index (κ1) is 9.21. The van der Waals surface area contributed by atoms with Crippen LogP contribution in [0.25, 0.3) is 0 Å². The number of hydrogen-bond donors (Lipinski definition) is 1. The van der Waals surface area contributed by atoms with Crippen LogP contribution in [0.2, 0.25) is 0 Å². The summed E-state index contributed by atoms with van der Waals surface area (Å²) in [5, 5.41) is 11.6. The monoisotopic (exact) mass is 203 g/mol. The summed E-state index contributed by atoms with van der Waals surface area (Å²) in [5.41, 5.74) is 0.00222. The molecule has 0 aliphatic carbocycles. The van der Waals surface area contributed by atoms with Crippen LogP contribution in [0, 0.1) is 10.1 Å². The maximum Gasteiger partial charge on any atom is 0.283 e. The Kier molecular flexibility index (Phi) is 2.83. The number of carbonyl (C=O) groups excluding carboxylic acids is 1. The van der Waals surface area contributed by atoms with E-state index < -0.39 is 4.92 Å². The molecule has 0 aliphatic heterocycles. The van der Waals surface area contributed by atoms with Crippen molar-refractivity contribution < 1.29 is 9.72 Å². The van der Waals surface area contributed by atoms with Crippen molar-refractivity contribution >= 4 is 34.8 Å². The number of carbonyl (C=O) groups is 1. The number of nitro groups is 1. The molecule has 4 nitrogen and oxygen atoms in total. The molecule has 1 rings (SSSR count). The number of thiophene rings is 1. The van der Waals surface area contributed by atoms with Gasteiger partial charge in [-0.05, 0) is 5.38 Å². The third kappa shape index (κ3) is 2.05. The molecule has 0 fully saturated rings. The van der Waals surface area contributed by atoms with E-state index in [0.29, 0.717) is 4.88 Å². The van der Waals surface area contributed by atoms with Crippen molar-refractivity contribution in [1.82, 2.24) is 0 Å². The van der Waals surface area contributed by atoms with Crippen molar-refractivity contribution in [2.24, 2.45) is 0 Å². The van der Waals surface area contributed by atoms with Gasteiger partial charge in [0.2, 0.25) is 0 Å². The Bertz CT molecular complexity index is 320. The molecule has 1 aromatic heterocycles. The largest absolute Gasteiger partial charge is 0.287 e. The lowest BCUT2D eigenvalue weighted by molar-refractivity contribution is -0.385. The summed E-state index contributed by atoms with van der Waals surface area (Å²) in [5.74, 6) is 0. The number of hydrogen-bond acceptors (Lipinski definition) is 4. The molecule has 0 aromatic carbocycles. The average Bonchev–Trinajstić information content (AvgIpc) is 2.33. The van der Waals surface area contributed by atoms with Crippen molar-refractivity contribution in [2.75, 3.05) is 0 Å². The highest BCUT2D eigenvalue weighted by Crippen LogP contribution is 2.25. The molecule has 0 aliphatic rings. The predicted octanol–water partition coefficient (Wildman–Crippen LogP) is 1.66. The van der Waals surface area contributed by atoms with E-state index in [1.807, 2.05) is 0 Å². The van der Waals surface area contributed by atoms with Crippen LogP contribution in [0.15, 0.2) is 11.4 Å². The summed E-state index contributed by atoms with van der Waals surface area (Å²) in [6.07, 6.45) is 0.0249. The van der Waals surface area contributed by atoms with Crippen molar-refractivity contribution in [2.45, 2.75) is 6.42 Å². The van der Waals surface area contributed by atoms with E-state index in [4.69, 9.17) is 0 Å². The van der Waals surface area contributed by atoms with Crippen LogP contribution in [-0.2, 0) is 11.2 Å². The topological polar surface area (TPSA) is 60.2 Å². The maximum absolute atomic E-state index is 10.5. The Morgan fingerprint density at radius 3 is 2.92 bits per heavy atom. The zero-order chi connectivity index (χ0) is 9.14. The van der Waals surface area contributed by atoms with Crippen LogP contribution in [-0.4, -0.2) is 10.0 Å². The van der Waals surface area contributed by atoms with E-state index in [-0.39, 0.29) is 17.2 Å². The molecule has 1 heterocycles. The second kappa shape index (κ2) is 3.68. The third-order valence-corrected chi connectivity index (χ3v) is 2.30. The molecule has 1 aromatic rings. The normalized spacial score (nSPS) is 9.75. The molecule has 0 radical (unpaired) electrons. The lowest BCUT2D eigenvalue weighted by Crippen LogP contribution is -1.95. The van der Waals surface area contributed by atoms with E-state index in [0.717, 1.165) is 0 Å². The van der Waals surface area contributed by atoms with Gasteiger partial charge in [-0.25, -0.2) is 0 Å². The Labute approximate surface area is 77.8 Å². The maximum atomic E-state index is 10.5. The summed E-state index contributed by atoms with van der Waals surface area (Å²) in [6.45, 7) is 0. The van der Waals surface area contributed by atoms with Gasteiger partial charge in [0.05, 0.1) is 16.2 Å². The molecule has 0 unspecified atom stereocenters. The minimum Gasteiger partial charge on any atom is -0.287 e. The van der Waals surface area contributed by atoms with Crippen LogP contribution >= 0.6 is 24.0 Å². The molecule has 64 valence electrons. The van der Waals surface area contributed by atoms with E-state index in [1.165, 1.54) is 17.4 Å². The first-order valence-electron chi connectivity index (χ1n) is 3.04. The highest BCUT2D eigenvalue weighted by molar-refractivity contribution is 7.96. The van der Waals surface area contributed by atoms with E-state index in [1.54, 1.807) is 5.38 Å². The van der Waals surface area contributed by atoms with Gasteiger partial charge in [0.1, 0.15) is 0 Å². The quantitative estimate of drug-likeness (QED) is 0.461. The Morgan fingerprint density at radius 2 is 2.42 bits per heavy atom. The van der Waals surface area contributed by atoms with Gasteiger partial charge in [-0.1, -0.05) is 0 Å². The zero-order valence-corrected chi connectivity index (χ0v) is 7.60. The van der Waals surface area contributed by atoms with Gasteiger partial charge < -0.3 is 0 Å². The minimum atomic E-state index is -0.497. The number of thiol groups is 1. The molecule has 0 atom stereocenters. The molecular formula is C6H5NO3S2. The average molecular weight is 203 g/mol. The minimum absolute atomic E-state index is 0.00222. The van der Waals surface area contributed by atoms with Gasteiger partial charge in [0.15, 0.2) is 5.12 Å². The highest BCUT2D eigenvalue weighted by Gasteiger charge is 2.15. The molecule has 0 N–H and O–H groups in total. The number of rotatable bonds is 3. The Morgan fingerprint density at radius 1 is 1.75 bits per heavy atom. The molecule has 0 saturated carbocycles. The lowest BCUT2D eigenvalue weighted by Gasteiger charge is -1.90. The fourth-order valence-corrected chi connectivity index (χ4v) is 1.87. The van der Waals surface area contributed by atoms with Crippen molar-refractivity contribution in [3.63, 3.8) is 0 Å². The Balaban J connectivity index is 2.91. The molecule has 12 heavy (non-hydrogen) atoms. The second-order valence-corrected chi connectivity index (χ2v) is 3.56. The van der Waals surface area contributed by atoms with Gasteiger partial charge in [0.25, 0.3) is 5.69 Å². The van der Waals surface area contributed by atoms with Crippen molar-refractivity contribution in [3.05, 3.63) is 26.4 Å². The molecular weight excluding hydrogens is 198 g/mol. The lowest BCUT2D eigenvalue weighted by atomic mass is 10.3. The summed E-state index contributed by atoms with van der Waals surface area (Å²) in [7, 11) is 0. The van der Waals surface area contributed by atoms with Gasteiger partial charge in [-0.2, -0.15) is 0 Å². The van der Waals surface area contributed by atoms with Crippen LogP contribution in [0.1, 0.15) is 4.88 Å². The van der Waals surface area contributed by atoms with E-state index >= 15 is 0 Å².